The maximum atomic E-state index is 12.9. The van der Waals surface area contributed by atoms with Gasteiger partial charge < -0.3 is 4.90 Å². The number of carbonyl (C=O) groups excluding carboxylic acids is 3. The van der Waals surface area contributed by atoms with Crippen molar-refractivity contribution in [3.05, 3.63) is 59.5 Å². The van der Waals surface area contributed by atoms with Gasteiger partial charge in [0, 0.05) is 48.6 Å². The third-order valence-electron chi connectivity index (χ3n) is 5.96. The monoisotopic (exact) mass is 415 g/mol. The van der Waals surface area contributed by atoms with Crippen molar-refractivity contribution in [1.82, 2.24) is 25.0 Å². The number of aryl methyl sites for hydroxylation is 2. The van der Waals surface area contributed by atoms with Crippen LogP contribution in [0.15, 0.2) is 42.7 Å². The molecule has 2 aromatic heterocycles. The van der Waals surface area contributed by atoms with Crippen LogP contribution in [0.2, 0.25) is 0 Å². The molecular formula is C23H21N5O3. The third kappa shape index (κ3) is 3.20. The summed E-state index contributed by atoms with van der Waals surface area (Å²) in [5.41, 5.74) is 6.20. The van der Waals surface area contributed by atoms with Crippen molar-refractivity contribution in [3.63, 3.8) is 0 Å². The molecule has 0 spiro atoms. The van der Waals surface area contributed by atoms with Gasteiger partial charge in [0.25, 0.3) is 5.91 Å². The van der Waals surface area contributed by atoms with Gasteiger partial charge in [-0.25, -0.2) is 0 Å². The highest BCUT2D eigenvalue weighted by atomic mass is 16.2. The number of hydrogen-bond donors (Lipinski definition) is 1. The average molecular weight is 415 g/mol. The van der Waals surface area contributed by atoms with E-state index in [1.165, 1.54) is 0 Å². The first-order valence-corrected chi connectivity index (χ1v) is 10.2. The molecule has 4 heterocycles. The molecule has 0 radical (unpaired) electrons. The first-order chi connectivity index (χ1) is 14.9. The molecule has 2 aliphatic rings. The van der Waals surface area contributed by atoms with Crippen molar-refractivity contribution >= 4 is 17.7 Å². The molecule has 0 aliphatic carbocycles. The summed E-state index contributed by atoms with van der Waals surface area (Å²) in [5.74, 6) is -0.869. The van der Waals surface area contributed by atoms with Crippen LogP contribution in [0.25, 0.3) is 22.4 Å². The molecule has 1 saturated heterocycles. The van der Waals surface area contributed by atoms with Crippen LogP contribution >= 0.6 is 0 Å². The van der Waals surface area contributed by atoms with Gasteiger partial charge in [-0.2, -0.15) is 5.10 Å². The fourth-order valence-electron chi connectivity index (χ4n) is 4.34. The highest BCUT2D eigenvalue weighted by molar-refractivity contribution is 6.05. The zero-order valence-electron chi connectivity index (χ0n) is 17.3. The smallest absolute Gasteiger partial charge is 0.255 e. The minimum atomic E-state index is -0.617. The van der Waals surface area contributed by atoms with Crippen LogP contribution in [0.3, 0.4) is 0 Å². The Labute approximate surface area is 178 Å². The number of rotatable bonds is 3. The number of carbonyl (C=O) groups is 3. The number of piperidine rings is 1. The molecule has 2 aliphatic heterocycles. The number of aromatic nitrogens is 3. The summed E-state index contributed by atoms with van der Waals surface area (Å²) in [6.07, 6.45) is 4.24. The summed E-state index contributed by atoms with van der Waals surface area (Å²) < 4.78 is 1.82. The van der Waals surface area contributed by atoms with Gasteiger partial charge in [-0.05, 0) is 48.7 Å². The lowest BCUT2D eigenvalue weighted by Gasteiger charge is -2.29. The molecule has 8 heteroatoms. The van der Waals surface area contributed by atoms with E-state index >= 15 is 0 Å². The van der Waals surface area contributed by atoms with Crippen LogP contribution in [0.4, 0.5) is 0 Å². The van der Waals surface area contributed by atoms with E-state index in [9.17, 15) is 14.4 Å². The van der Waals surface area contributed by atoms with E-state index in [-0.39, 0.29) is 18.2 Å². The van der Waals surface area contributed by atoms with Crippen LogP contribution in [-0.4, -0.2) is 43.4 Å². The normalized spacial score (nSPS) is 18.3. The summed E-state index contributed by atoms with van der Waals surface area (Å²) in [5, 5.41) is 6.77. The highest BCUT2D eigenvalue weighted by Gasteiger charge is 2.39. The van der Waals surface area contributed by atoms with Crippen LogP contribution in [0.1, 0.15) is 34.5 Å². The highest BCUT2D eigenvalue weighted by Crippen LogP contribution is 2.35. The van der Waals surface area contributed by atoms with Gasteiger partial charge in [-0.3, -0.25) is 29.4 Å². The van der Waals surface area contributed by atoms with Crippen LogP contribution < -0.4 is 5.32 Å². The second-order valence-corrected chi connectivity index (χ2v) is 7.99. The Morgan fingerprint density at radius 1 is 1.03 bits per heavy atom. The van der Waals surface area contributed by atoms with Crippen LogP contribution in [-0.2, 0) is 23.2 Å². The van der Waals surface area contributed by atoms with E-state index in [0.717, 1.165) is 33.6 Å². The molecule has 3 amide bonds. The molecular weight excluding hydrogens is 394 g/mol. The number of nitrogens with one attached hydrogen (secondary N) is 1. The van der Waals surface area contributed by atoms with Crippen LogP contribution in [0, 0.1) is 6.92 Å². The van der Waals surface area contributed by atoms with Crippen molar-refractivity contribution in [3.8, 4) is 22.4 Å². The summed E-state index contributed by atoms with van der Waals surface area (Å²) in [7, 11) is 1.89. The van der Waals surface area contributed by atoms with E-state index in [4.69, 9.17) is 0 Å². The minimum Gasteiger partial charge on any atom is -0.322 e. The fourth-order valence-corrected chi connectivity index (χ4v) is 4.34. The molecule has 1 fully saturated rings. The van der Waals surface area contributed by atoms with E-state index in [1.807, 2.05) is 61.4 Å². The summed E-state index contributed by atoms with van der Waals surface area (Å²) in [6.45, 7) is 2.29. The predicted molar refractivity (Wildman–Crippen MR) is 113 cm³/mol. The molecule has 0 bridgehead atoms. The van der Waals surface area contributed by atoms with Gasteiger partial charge in [0.2, 0.25) is 11.8 Å². The zero-order chi connectivity index (χ0) is 21.7. The van der Waals surface area contributed by atoms with Gasteiger partial charge in [0.15, 0.2) is 0 Å². The first-order valence-electron chi connectivity index (χ1n) is 10.2. The Kier molecular flexibility index (Phi) is 4.43. The van der Waals surface area contributed by atoms with Crippen molar-refractivity contribution in [1.29, 1.82) is 0 Å². The van der Waals surface area contributed by atoms with Gasteiger partial charge >= 0.3 is 0 Å². The molecule has 1 N–H and O–H groups in total. The molecule has 3 aromatic rings. The maximum absolute atomic E-state index is 12.9. The van der Waals surface area contributed by atoms with Crippen molar-refractivity contribution in [2.45, 2.75) is 32.4 Å². The lowest BCUT2D eigenvalue weighted by Crippen LogP contribution is -2.52. The summed E-state index contributed by atoms with van der Waals surface area (Å²) >= 11 is 0. The largest absolute Gasteiger partial charge is 0.322 e. The first kappa shape index (κ1) is 19.2. The number of amides is 3. The maximum Gasteiger partial charge on any atom is 0.255 e. The molecule has 5 rings (SSSR count). The molecule has 156 valence electrons. The van der Waals surface area contributed by atoms with Gasteiger partial charge in [0.1, 0.15) is 6.04 Å². The Hall–Kier alpha value is -3.81. The van der Waals surface area contributed by atoms with Crippen molar-refractivity contribution in [2.24, 2.45) is 7.05 Å². The summed E-state index contributed by atoms with van der Waals surface area (Å²) in [4.78, 5) is 42.6. The predicted octanol–water partition coefficient (Wildman–Crippen LogP) is 2.22. The SMILES string of the molecule is Cc1ccc(-c2c(-c3ccc4c(c3)CN(C3CCC(=O)NC3=O)C4=O)cnn2C)cn1. The van der Waals surface area contributed by atoms with Gasteiger partial charge in [-0.15, -0.1) is 0 Å². The Balaban J connectivity index is 1.49. The van der Waals surface area contributed by atoms with Crippen molar-refractivity contribution in [2.75, 3.05) is 0 Å². The molecule has 1 aromatic carbocycles. The minimum absolute atomic E-state index is 0.176. The van der Waals surface area contributed by atoms with Crippen molar-refractivity contribution < 1.29 is 14.4 Å². The average Bonchev–Trinajstić information content (AvgIpc) is 3.28. The lowest BCUT2D eigenvalue weighted by atomic mass is 9.98. The molecule has 8 nitrogen and oxygen atoms in total. The van der Waals surface area contributed by atoms with Gasteiger partial charge in [0.05, 0.1) is 11.9 Å². The van der Waals surface area contributed by atoms with E-state index in [1.54, 1.807) is 4.90 Å². The second-order valence-electron chi connectivity index (χ2n) is 7.99. The standard InChI is InChI=1S/C23H21N5O3/c1-13-3-4-15(10-24-13)21-18(11-25-27(21)2)14-5-6-17-16(9-14)12-28(23(17)31)19-7-8-20(29)26-22(19)30/h3-6,9-11,19H,7-8,12H2,1-2H3,(H,26,29,30). The van der Waals surface area contributed by atoms with E-state index < -0.39 is 11.9 Å². The van der Waals surface area contributed by atoms with Gasteiger partial charge in [-0.1, -0.05) is 6.07 Å². The topological polar surface area (TPSA) is 97.2 Å². The quantitative estimate of drug-likeness (QED) is 0.662. The lowest BCUT2D eigenvalue weighted by molar-refractivity contribution is -0.136. The molecule has 1 unspecified atom stereocenters. The molecule has 31 heavy (non-hydrogen) atoms. The number of hydrogen-bond acceptors (Lipinski definition) is 5. The number of nitrogens with zero attached hydrogens (tertiary/aromatic N) is 4. The fraction of sp³-hybridized carbons (Fsp3) is 0.261. The third-order valence-corrected chi connectivity index (χ3v) is 5.96. The van der Waals surface area contributed by atoms with E-state index in [0.29, 0.717) is 18.5 Å². The van der Waals surface area contributed by atoms with E-state index in [2.05, 4.69) is 15.4 Å². The number of benzene rings is 1. The van der Waals surface area contributed by atoms with Crippen LogP contribution in [0.5, 0.6) is 0 Å². The Morgan fingerprint density at radius 2 is 1.84 bits per heavy atom. The number of pyridine rings is 1. The number of fused-ring (bicyclic) bond motifs is 1. The Bertz CT molecular complexity index is 1230. The summed E-state index contributed by atoms with van der Waals surface area (Å²) in [6, 6.07) is 9.07. The second kappa shape index (κ2) is 7.16. The number of imide groups is 1. The molecule has 1 atom stereocenters. The zero-order valence-corrected chi connectivity index (χ0v) is 17.3. The molecule has 0 saturated carbocycles. The Morgan fingerprint density at radius 3 is 2.58 bits per heavy atom.